The van der Waals surface area contributed by atoms with Crippen LogP contribution in [0.2, 0.25) is 5.02 Å². The van der Waals surface area contributed by atoms with Crippen molar-refractivity contribution in [2.75, 3.05) is 17.9 Å². The van der Waals surface area contributed by atoms with Crippen LogP contribution in [0.1, 0.15) is 0 Å². The van der Waals surface area contributed by atoms with E-state index in [1.807, 2.05) is 0 Å². The number of methoxy groups -OCH3 is 1. The zero-order valence-electron chi connectivity index (χ0n) is 9.95. The highest BCUT2D eigenvalue weighted by atomic mass is 35.5. The second kappa shape index (κ2) is 5.68. The van der Waals surface area contributed by atoms with Gasteiger partial charge in [-0.05, 0) is 12.1 Å². The molecule has 0 fully saturated rings. The van der Waals surface area contributed by atoms with Gasteiger partial charge in [0.1, 0.15) is 6.33 Å². The third-order valence-corrected chi connectivity index (χ3v) is 2.64. The first-order valence-corrected chi connectivity index (χ1v) is 5.61. The number of rotatable bonds is 4. The summed E-state index contributed by atoms with van der Waals surface area (Å²) in [7, 11) is 1.43. The summed E-state index contributed by atoms with van der Waals surface area (Å²) in [6, 6.07) is 4.59. The van der Waals surface area contributed by atoms with Crippen LogP contribution in [0.25, 0.3) is 0 Å². The minimum atomic E-state index is -0.577. The predicted octanol–water partition coefficient (Wildman–Crippen LogP) is 2.31. The van der Waals surface area contributed by atoms with Gasteiger partial charge in [0.25, 0.3) is 0 Å². The number of hydrogen-bond acceptors (Lipinski definition) is 6. The van der Waals surface area contributed by atoms with E-state index in [9.17, 15) is 4.39 Å². The molecule has 4 N–H and O–H groups in total. The van der Waals surface area contributed by atoms with E-state index < -0.39 is 5.82 Å². The molecule has 0 unspecified atom stereocenters. The van der Waals surface area contributed by atoms with Gasteiger partial charge in [-0.15, -0.1) is 0 Å². The van der Waals surface area contributed by atoms with Gasteiger partial charge in [-0.2, -0.15) is 0 Å². The van der Waals surface area contributed by atoms with Gasteiger partial charge < -0.3 is 15.5 Å². The van der Waals surface area contributed by atoms with Crippen LogP contribution in [0.5, 0.6) is 5.75 Å². The van der Waals surface area contributed by atoms with E-state index in [0.29, 0.717) is 0 Å². The first-order chi connectivity index (χ1) is 9.17. The standard InChI is InChI=1S/C11H11ClFN5O/c1-19-9-10(15-5-16-11(9)18-14)17-7-4-2-3-6(12)8(7)13/h2-5H,14H2,1H3,(H2,15,16,17,18). The molecule has 2 rings (SSSR count). The van der Waals surface area contributed by atoms with Gasteiger partial charge in [0.05, 0.1) is 17.8 Å². The van der Waals surface area contributed by atoms with Crippen molar-refractivity contribution in [3.05, 3.63) is 35.4 Å². The maximum absolute atomic E-state index is 13.8. The van der Waals surface area contributed by atoms with Crippen LogP contribution in [-0.2, 0) is 0 Å². The van der Waals surface area contributed by atoms with Crippen LogP contribution in [0.4, 0.5) is 21.7 Å². The van der Waals surface area contributed by atoms with E-state index in [4.69, 9.17) is 22.2 Å². The molecule has 2 aromatic rings. The lowest BCUT2D eigenvalue weighted by Gasteiger charge is -2.13. The highest BCUT2D eigenvalue weighted by Gasteiger charge is 2.14. The number of nitrogen functional groups attached to an aromatic ring is 1. The molecule has 8 heteroatoms. The zero-order valence-corrected chi connectivity index (χ0v) is 10.7. The van der Waals surface area contributed by atoms with Gasteiger partial charge in [0, 0.05) is 0 Å². The highest BCUT2D eigenvalue weighted by Crippen LogP contribution is 2.32. The Labute approximate surface area is 113 Å². The van der Waals surface area contributed by atoms with Crippen LogP contribution < -0.4 is 21.3 Å². The lowest BCUT2D eigenvalue weighted by molar-refractivity contribution is 0.415. The van der Waals surface area contributed by atoms with E-state index in [0.717, 1.165) is 0 Å². The Bertz CT molecular complexity index is 595. The Hall–Kier alpha value is -2.12. The van der Waals surface area contributed by atoms with Gasteiger partial charge in [-0.25, -0.2) is 20.2 Å². The minimum Gasteiger partial charge on any atom is -0.490 e. The molecule has 0 bridgehead atoms. The molecule has 0 aliphatic rings. The predicted molar refractivity (Wildman–Crippen MR) is 71.1 cm³/mol. The second-order valence-electron chi connectivity index (χ2n) is 3.47. The summed E-state index contributed by atoms with van der Waals surface area (Å²) in [5.74, 6) is 5.54. The number of ether oxygens (including phenoxy) is 1. The zero-order chi connectivity index (χ0) is 13.8. The molecule has 100 valence electrons. The maximum Gasteiger partial charge on any atom is 0.205 e. The van der Waals surface area contributed by atoms with Crippen LogP contribution in [0, 0.1) is 5.82 Å². The normalized spacial score (nSPS) is 10.1. The van der Waals surface area contributed by atoms with Crippen molar-refractivity contribution in [3.8, 4) is 5.75 Å². The Kier molecular flexibility index (Phi) is 3.98. The summed E-state index contributed by atoms with van der Waals surface area (Å²) in [5, 5.41) is 2.79. The van der Waals surface area contributed by atoms with Crippen LogP contribution in [0.15, 0.2) is 24.5 Å². The Morgan fingerprint density at radius 1 is 1.32 bits per heavy atom. The molecule has 0 spiro atoms. The molecule has 0 aliphatic heterocycles. The summed E-state index contributed by atoms with van der Waals surface area (Å²) >= 11 is 5.70. The average Bonchev–Trinajstić information content (AvgIpc) is 2.43. The van der Waals surface area contributed by atoms with Crippen molar-refractivity contribution < 1.29 is 9.13 Å². The quantitative estimate of drug-likeness (QED) is 0.590. The fourth-order valence-electron chi connectivity index (χ4n) is 1.49. The van der Waals surface area contributed by atoms with E-state index in [-0.39, 0.29) is 28.1 Å². The Morgan fingerprint density at radius 3 is 2.74 bits per heavy atom. The van der Waals surface area contributed by atoms with Crippen molar-refractivity contribution in [1.82, 2.24) is 9.97 Å². The topological polar surface area (TPSA) is 85.1 Å². The highest BCUT2D eigenvalue weighted by molar-refractivity contribution is 6.31. The maximum atomic E-state index is 13.8. The van der Waals surface area contributed by atoms with Crippen LogP contribution >= 0.6 is 11.6 Å². The van der Waals surface area contributed by atoms with Crippen molar-refractivity contribution in [1.29, 1.82) is 0 Å². The number of benzene rings is 1. The number of halogens is 2. The monoisotopic (exact) mass is 283 g/mol. The average molecular weight is 284 g/mol. The van der Waals surface area contributed by atoms with E-state index >= 15 is 0 Å². The number of nitrogens with one attached hydrogen (secondary N) is 2. The number of nitrogens with two attached hydrogens (primary N) is 1. The molecule has 0 saturated carbocycles. The molecular formula is C11H11ClFN5O. The molecule has 0 radical (unpaired) electrons. The lowest BCUT2D eigenvalue weighted by Crippen LogP contribution is -2.11. The fraction of sp³-hybridized carbons (Fsp3) is 0.0909. The number of anilines is 3. The smallest absolute Gasteiger partial charge is 0.205 e. The summed E-state index contributed by atoms with van der Waals surface area (Å²) in [6.45, 7) is 0. The Morgan fingerprint density at radius 2 is 2.05 bits per heavy atom. The van der Waals surface area contributed by atoms with Crippen LogP contribution in [0.3, 0.4) is 0 Å². The molecule has 1 heterocycles. The largest absolute Gasteiger partial charge is 0.490 e. The lowest BCUT2D eigenvalue weighted by atomic mass is 10.3. The molecule has 0 aliphatic carbocycles. The SMILES string of the molecule is COc1c(NN)ncnc1Nc1cccc(Cl)c1F. The van der Waals surface area contributed by atoms with E-state index in [1.54, 1.807) is 6.07 Å². The summed E-state index contributed by atoms with van der Waals surface area (Å²) in [5.41, 5.74) is 2.54. The molecule has 1 aromatic heterocycles. The molecule has 1 aromatic carbocycles. The van der Waals surface area contributed by atoms with Crippen molar-refractivity contribution in [2.45, 2.75) is 0 Å². The third-order valence-electron chi connectivity index (χ3n) is 2.35. The van der Waals surface area contributed by atoms with Gasteiger partial charge >= 0.3 is 0 Å². The fourth-order valence-corrected chi connectivity index (χ4v) is 1.66. The summed E-state index contributed by atoms with van der Waals surface area (Å²) in [4.78, 5) is 7.85. The van der Waals surface area contributed by atoms with Gasteiger partial charge in [0.2, 0.25) is 5.75 Å². The molecule has 6 nitrogen and oxygen atoms in total. The number of hydrazine groups is 1. The first kappa shape index (κ1) is 13.3. The number of aromatic nitrogens is 2. The number of nitrogens with zero attached hydrogens (tertiary/aromatic N) is 2. The van der Waals surface area contributed by atoms with E-state index in [1.165, 1.54) is 25.6 Å². The molecule has 0 amide bonds. The molecule has 0 saturated heterocycles. The van der Waals surface area contributed by atoms with Crippen LogP contribution in [-0.4, -0.2) is 17.1 Å². The van der Waals surface area contributed by atoms with Crippen molar-refractivity contribution in [3.63, 3.8) is 0 Å². The summed E-state index contributed by atoms with van der Waals surface area (Å²) in [6.07, 6.45) is 1.27. The number of hydrogen-bond donors (Lipinski definition) is 3. The first-order valence-electron chi connectivity index (χ1n) is 5.24. The third kappa shape index (κ3) is 2.67. The van der Waals surface area contributed by atoms with Gasteiger partial charge in [0.15, 0.2) is 17.5 Å². The van der Waals surface area contributed by atoms with Crippen molar-refractivity contribution >= 4 is 28.9 Å². The van der Waals surface area contributed by atoms with Gasteiger partial charge in [-0.3, -0.25) is 0 Å². The summed E-state index contributed by atoms with van der Waals surface area (Å²) < 4.78 is 18.9. The van der Waals surface area contributed by atoms with Gasteiger partial charge in [-0.1, -0.05) is 17.7 Å². The van der Waals surface area contributed by atoms with E-state index in [2.05, 4.69) is 20.7 Å². The van der Waals surface area contributed by atoms with Crippen molar-refractivity contribution in [2.24, 2.45) is 5.84 Å². The minimum absolute atomic E-state index is 0.00944. The molecular weight excluding hydrogens is 273 g/mol. The molecule has 0 atom stereocenters. The second-order valence-corrected chi connectivity index (χ2v) is 3.88. The Balaban J connectivity index is 2.41. The molecule has 19 heavy (non-hydrogen) atoms.